The highest BCUT2D eigenvalue weighted by Crippen LogP contribution is 2.39. The van der Waals surface area contributed by atoms with E-state index in [0.717, 1.165) is 50.2 Å². The Kier molecular flexibility index (Phi) is 3.68. The molecule has 18 heavy (non-hydrogen) atoms. The van der Waals surface area contributed by atoms with Crippen LogP contribution in [0.25, 0.3) is 0 Å². The van der Waals surface area contributed by atoms with E-state index in [1.165, 1.54) is 0 Å². The molecule has 0 saturated heterocycles. The molecule has 5 heteroatoms. The lowest BCUT2D eigenvalue weighted by atomic mass is 9.71. The minimum Gasteiger partial charge on any atom is -0.481 e. The van der Waals surface area contributed by atoms with Gasteiger partial charge in [0.1, 0.15) is 5.82 Å². The van der Waals surface area contributed by atoms with Gasteiger partial charge < -0.3 is 5.11 Å². The minimum atomic E-state index is -0.678. The smallest absolute Gasteiger partial charge is 0.310 e. The van der Waals surface area contributed by atoms with Crippen molar-refractivity contribution in [2.45, 2.75) is 51.9 Å². The fraction of sp³-hybridized carbons (Fsp3) is 0.769. The summed E-state index contributed by atoms with van der Waals surface area (Å²) in [5.41, 5.74) is -0.621. The number of carboxylic acid groups (broad SMARTS) is 1. The van der Waals surface area contributed by atoms with Crippen LogP contribution in [-0.2, 0) is 24.7 Å². The third-order valence-electron chi connectivity index (χ3n) is 3.97. The first-order valence-corrected chi connectivity index (χ1v) is 6.69. The van der Waals surface area contributed by atoms with Crippen LogP contribution in [0.15, 0.2) is 0 Å². The molecule has 0 unspecified atom stereocenters. The van der Waals surface area contributed by atoms with Gasteiger partial charge in [-0.25, -0.2) is 4.98 Å². The fourth-order valence-corrected chi connectivity index (χ4v) is 2.78. The second kappa shape index (κ2) is 5.08. The molecule has 0 radical (unpaired) electrons. The SMILES string of the molecule is CCc1nc(CC2(C(=O)O)CCCCC2)n(C)n1. The molecule has 0 aliphatic heterocycles. The Balaban J connectivity index is 2.22. The van der Waals surface area contributed by atoms with E-state index in [9.17, 15) is 9.90 Å². The highest BCUT2D eigenvalue weighted by Gasteiger charge is 2.40. The molecule has 1 aromatic rings. The zero-order chi connectivity index (χ0) is 13.2. The standard InChI is InChI=1S/C13H21N3O2/c1-3-10-14-11(16(2)15-10)9-13(12(17)18)7-5-4-6-8-13/h3-9H2,1-2H3,(H,17,18). The Morgan fingerprint density at radius 2 is 2.06 bits per heavy atom. The Hall–Kier alpha value is -1.39. The van der Waals surface area contributed by atoms with Crippen molar-refractivity contribution >= 4 is 5.97 Å². The van der Waals surface area contributed by atoms with Crippen LogP contribution in [0.5, 0.6) is 0 Å². The summed E-state index contributed by atoms with van der Waals surface area (Å²) in [5, 5.41) is 13.8. The van der Waals surface area contributed by atoms with Crippen LogP contribution >= 0.6 is 0 Å². The van der Waals surface area contributed by atoms with Crippen LogP contribution in [0.1, 0.15) is 50.7 Å². The van der Waals surface area contributed by atoms with Crippen molar-refractivity contribution in [2.75, 3.05) is 0 Å². The molecule has 1 aromatic heterocycles. The Bertz CT molecular complexity index is 433. The summed E-state index contributed by atoms with van der Waals surface area (Å²) >= 11 is 0. The van der Waals surface area contributed by atoms with Crippen molar-refractivity contribution in [3.8, 4) is 0 Å². The third kappa shape index (κ3) is 2.40. The second-order valence-corrected chi connectivity index (χ2v) is 5.24. The summed E-state index contributed by atoms with van der Waals surface area (Å²) < 4.78 is 1.73. The molecule has 1 N–H and O–H groups in total. The van der Waals surface area contributed by atoms with Crippen LogP contribution < -0.4 is 0 Å². The quantitative estimate of drug-likeness (QED) is 0.888. The molecule has 0 bridgehead atoms. The van der Waals surface area contributed by atoms with Gasteiger partial charge in [-0.2, -0.15) is 5.10 Å². The zero-order valence-electron chi connectivity index (χ0n) is 11.1. The van der Waals surface area contributed by atoms with Gasteiger partial charge in [0.05, 0.1) is 5.41 Å². The highest BCUT2D eigenvalue weighted by atomic mass is 16.4. The number of hydrogen-bond donors (Lipinski definition) is 1. The largest absolute Gasteiger partial charge is 0.481 e. The van der Waals surface area contributed by atoms with Gasteiger partial charge >= 0.3 is 5.97 Å². The average Bonchev–Trinajstić information content (AvgIpc) is 2.71. The van der Waals surface area contributed by atoms with Crippen molar-refractivity contribution < 1.29 is 9.90 Å². The first-order valence-electron chi connectivity index (χ1n) is 6.69. The monoisotopic (exact) mass is 251 g/mol. The van der Waals surface area contributed by atoms with Gasteiger partial charge in [0.25, 0.3) is 0 Å². The Labute approximate surface area is 107 Å². The molecular weight excluding hydrogens is 230 g/mol. The molecule has 0 aromatic carbocycles. The molecule has 1 heterocycles. The van der Waals surface area contributed by atoms with Crippen molar-refractivity contribution in [1.82, 2.24) is 14.8 Å². The lowest BCUT2D eigenvalue weighted by Crippen LogP contribution is -2.36. The first kappa shape index (κ1) is 13.1. The topological polar surface area (TPSA) is 68.0 Å². The Morgan fingerprint density at radius 1 is 1.39 bits per heavy atom. The van der Waals surface area contributed by atoms with E-state index < -0.39 is 11.4 Å². The van der Waals surface area contributed by atoms with Crippen LogP contribution in [0, 0.1) is 5.41 Å². The number of aromatic nitrogens is 3. The highest BCUT2D eigenvalue weighted by molar-refractivity contribution is 5.75. The summed E-state index contributed by atoms with van der Waals surface area (Å²) in [5.74, 6) is 0.920. The van der Waals surface area contributed by atoms with E-state index in [-0.39, 0.29) is 0 Å². The molecule has 0 atom stereocenters. The number of rotatable bonds is 4. The maximum Gasteiger partial charge on any atom is 0.310 e. The van der Waals surface area contributed by atoms with Crippen molar-refractivity contribution in [1.29, 1.82) is 0 Å². The molecule has 0 amide bonds. The number of hydrogen-bond acceptors (Lipinski definition) is 3. The van der Waals surface area contributed by atoms with Crippen LogP contribution in [0.2, 0.25) is 0 Å². The second-order valence-electron chi connectivity index (χ2n) is 5.24. The molecule has 0 spiro atoms. The third-order valence-corrected chi connectivity index (χ3v) is 3.97. The Morgan fingerprint density at radius 3 is 2.56 bits per heavy atom. The predicted octanol–water partition coefficient (Wildman–Crippen LogP) is 1.96. The summed E-state index contributed by atoms with van der Waals surface area (Å²) in [6.45, 7) is 2.01. The summed E-state index contributed by atoms with van der Waals surface area (Å²) in [4.78, 5) is 16.0. The number of carbonyl (C=O) groups is 1. The molecule has 5 nitrogen and oxygen atoms in total. The number of aliphatic carboxylic acids is 1. The summed E-state index contributed by atoms with van der Waals surface area (Å²) in [6.07, 6.45) is 5.97. The van der Waals surface area contributed by atoms with Crippen molar-refractivity contribution in [2.24, 2.45) is 12.5 Å². The lowest BCUT2D eigenvalue weighted by Gasteiger charge is -2.32. The van der Waals surface area contributed by atoms with Gasteiger partial charge in [0.2, 0.25) is 0 Å². The van der Waals surface area contributed by atoms with Crippen LogP contribution in [0.4, 0.5) is 0 Å². The van der Waals surface area contributed by atoms with Gasteiger partial charge in [-0.3, -0.25) is 9.48 Å². The maximum absolute atomic E-state index is 11.6. The van der Waals surface area contributed by atoms with Gasteiger partial charge in [0.15, 0.2) is 5.82 Å². The van der Waals surface area contributed by atoms with E-state index in [1.54, 1.807) is 4.68 Å². The van der Waals surface area contributed by atoms with E-state index in [2.05, 4.69) is 10.1 Å². The first-order chi connectivity index (χ1) is 8.57. The van der Waals surface area contributed by atoms with Gasteiger partial charge in [-0.1, -0.05) is 26.2 Å². The number of carboxylic acids is 1. The number of nitrogens with zero attached hydrogens (tertiary/aromatic N) is 3. The van der Waals surface area contributed by atoms with E-state index in [0.29, 0.717) is 6.42 Å². The normalized spacial score (nSPS) is 18.8. The maximum atomic E-state index is 11.6. The van der Waals surface area contributed by atoms with Crippen molar-refractivity contribution in [3.05, 3.63) is 11.6 Å². The number of aryl methyl sites for hydroxylation is 2. The predicted molar refractivity (Wildman–Crippen MR) is 67.2 cm³/mol. The van der Waals surface area contributed by atoms with E-state index >= 15 is 0 Å². The van der Waals surface area contributed by atoms with Gasteiger partial charge in [-0.05, 0) is 12.8 Å². The van der Waals surface area contributed by atoms with Crippen molar-refractivity contribution in [3.63, 3.8) is 0 Å². The van der Waals surface area contributed by atoms with Gasteiger partial charge in [0, 0.05) is 19.9 Å². The van der Waals surface area contributed by atoms with Gasteiger partial charge in [-0.15, -0.1) is 0 Å². The molecule has 1 saturated carbocycles. The van der Waals surface area contributed by atoms with Crippen LogP contribution in [0.3, 0.4) is 0 Å². The molecule has 1 fully saturated rings. The summed E-state index contributed by atoms with van der Waals surface area (Å²) in [6, 6.07) is 0. The molecular formula is C13H21N3O2. The molecule has 1 aliphatic carbocycles. The average molecular weight is 251 g/mol. The molecule has 1 aliphatic rings. The van der Waals surface area contributed by atoms with E-state index in [4.69, 9.17) is 0 Å². The lowest BCUT2D eigenvalue weighted by molar-refractivity contribution is -0.151. The van der Waals surface area contributed by atoms with E-state index in [1.807, 2.05) is 14.0 Å². The molecule has 100 valence electrons. The minimum absolute atomic E-state index is 0.506. The zero-order valence-corrected chi connectivity index (χ0v) is 11.1. The molecule has 2 rings (SSSR count). The van der Waals surface area contributed by atoms with Crippen LogP contribution in [-0.4, -0.2) is 25.8 Å². The summed E-state index contributed by atoms with van der Waals surface area (Å²) in [7, 11) is 1.85. The fourth-order valence-electron chi connectivity index (χ4n) is 2.78.